The van der Waals surface area contributed by atoms with Crippen LogP contribution in [0, 0.1) is 5.41 Å². The Kier molecular flexibility index (Phi) is 7.27. The minimum absolute atomic E-state index is 0.107. The van der Waals surface area contributed by atoms with Gasteiger partial charge in [0.25, 0.3) is 0 Å². The summed E-state index contributed by atoms with van der Waals surface area (Å²) in [5.41, 5.74) is 6.85. The Hall–Kier alpha value is -4.66. The number of carboxylic acids is 1. The van der Waals surface area contributed by atoms with Crippen molar-refractivity contribution in [2.45, 2.75) is 18.9 Å². The second-order valence-electron chi connectivity index (χ2n) is 7.61. The van der Waals surface area contributed by atoms with Crippen LogP contribution in [0.3, 0.4) is 0 Å². The smallest absolute Gasteiger partial charge is 0.335 e. The van der Waals surface area contributed by atoms with Gasteiger partial charge in [-0.3, -0.25) is 15.0 Å². The molecule has 6 N–H and O–H groups in total. The van der Waals surface area contributed by atoms with E-state index in [9.17, 15) is 24.6 Å². The summed E-state index contributed by atoms with van der Waals surface area (Å²) in [6.07, 6.45) is 0. The standard InChI is InChI=1S/C25H24N4O5/c1-14(17-9-12-20(30)19(13-17)25(33)34)28-23(31)21(15-5-3-2-4-6-15)24(32)29-18-10-7-16(8-11-18)22(26)27/h2-14,21,30H,1H3,(H3,26,27)(H,28,31)(H,29,32)(H,33,34)/p-1. The zero-order valence-electron chi connectivity index (χ0n) is 18.2. The van der Waals surface area contributed by atoms with Gasteiger partial charge in [-0.1, -0.05) is 48.2 Å². The summed E-state index contributed by atoms with van der Waals surface area (Å²) in [4.78, 5) is 37.6. The normalized spacial score (nSPS) is 12.3. The van der Waals surface area contributed by atoms with Gasteiger partial charge in [-0.15, -0.1) is 0 Å². The molecule has 3 aromatic rings. The predicted octanol–water partition coefficient (Wildman–Crippen LogP) is 2.34. The van der Waals surface area contributed by atoms with Crippen molar-refractivity contribution in [1.29, 1.82) is 5.41 Å². The molecule has 0 aromatic heterocycles. The van der Waals surface area contributed by atoms with Crippen molar-refractivity contribution in [3.63, 3.8) is 0 Å². The minimum Gasteiger partial charge on any atom is -0.872 e. The van der Waals surface area contributed by atoms with Crippen LogP contribution in [0.25, 0.3) is 0 Å². The van der Waals surface area contributed by atoms with Gasteiger partial charge in [0.05, 0.1) is 11.6 Å². The number of aromatic carboxylic acids is 1. The zero-order valence-corrected chi connectivity index (χ0v) is 18.2. The third-order valence-corrected chi connectivity index (χ3v) is 5.21. The molecular weight excluding hydrogens is 436 g/mol. The number of nitrogen functional groups attached to an aromatic ring is 1. The number of carbonyl (C=O) groups excluding carboxylic acids is 2. The van der Waals surface area contributed by atoms with E-state index in [2.05, 4.69) is 10.6 Å². The lowest BCUT2D eigenvalue weighted by molar-refractivity contribution is -0.268. The number of rotatable bonds is 8. The third-order valence-electron chi connectivity index (χ3n) is 5.21. The van der Waals surface area contributed by atoms with Crippen molar-refractivity contribution in [3.8, 4) is 5.75 Å². The number of hydrogen-bond donors (Lipinski definition) is 5. The third kappa shape index (κ3) is 5.57. The largest absolute Gasteiger partial charge is 0.872 e. The van der Waals surface area contributed by atoms with Crippen LogP contribution in [0.15, 0.2) is 72.8 Å². The molecule has 0 saturated carbocycles. The molecule has 9 nitrogen and oxygen atoms in total. The Balaban J connectivity index is 1.83. The summed E-state index contributed by atoms with van der Waals surface area (Å²) in [6, 6.07) is 17.9. The van der Waals surface area contributed by atoms with E-state index in [1.54, 1.807) is 61.5 Å². The van der Waals surface area contributed by atoms with E-state index in [0.29, 0.717) is 22.4 Å². The highest BCUT2D eigenvalue weighted by Gasteiger charge is 2.30. The molecule has 0 radical (unpaired) electrons. The summed E-state index contributed by atoms with van der Waals surface area (Å²) >= 11 is 0. The predicted molar refractivity (Wildman–Crippen MR) is 125 cm³/mol. The molecule has 2 unspecified atom stereocenters. The highest BCUT2D eigenvalue weighted by atomic mass is 16.4. The van der Waals surface area contributed by atoms with Gasteiger partial charge in [0, 0.05) is 11.3 Å². The van der Waals surface area contributed by atoms with Crippen molar-refractivity contribution in [2.24, 2.45) is 5.73 Å². The van der Waals surface area contributed by atoms with Gasteiger partial charge >= 0.3 is 5.97 Å². The fourth-order valence-corrected chi connectivity index (χ4v) is 3.38. The first kappa shape index (κ1) is 24.0. The van der Waals surface area contributed by atoms with E-state index in [1.807, 2.05) is 0 Å². The molecule has 2 amide bonds. The molecule has 0 aliphatic heterocycles. The van der Waals surface area contributed by atoms with Gasteiger partial charge in [0.1, 0.15) is 11.8 Å². The zero-order chi connectivity index (χ0) is 24.8. The Morgan fingerprint density at radius 2 is 1.59 bits per heavy atom. The van der Waals surface area contributed by atoms with Crippen molar-refractivity contribution >= 4 is 29.3 Å². The first-order valence-corrected chi connectivity index (χ1v) is 10.3. The molecule has 0 heterocycles. The second kappa shape index (κ2) is 10.3. The number of carboxylic acid groups (broad SMARTS) is 1. The van der Waals surface area contributed by atoms with E-state index in [0.717, 1.165) is 6.07 Å². The van der Waals surface area contributed by atoms with E-state index >= 15 is 0 Å². The number of nitrogens with two attached hydrogens (primary N) is 1. The molecule has 174 valence electrons. The monoisotopic (exact) mass is 459 g/mol. The number of amides is 2. The van der Waals surface area contributed by atoms with Crippen LogP contribution in [0.5, 0.6) is 5.75 Å². The maximum atomic E-state index is 13.2. The van der Waals surface area contributed by atoms with Crippen LogP contribution in [-0.4, -0.2) is 28.7 Å². The fraction of sp³-hybridized carbons (Fsp3) is 0.120. The molecule has 0 aliphatic carbocycles. The van der Waals surface area contributed by atoms with Gasteiger partial charge in [0.2, 0.25) is 11.8 Å². The van der Waals surface area contributed by atoms with Gasteiger partial charge in [-0.25, -0.2) is 4.79 Å². The molecule has 0 aliphatic rings. The lowest BCUT2D eigenvalue weighted by Crippen LogP contribution is -2.38. The van der Waals surface area contributed by atoms with E-state index in [-0.39, 0.29) is 5.84 Å². The van der Waals surface area contributed by atoms with Crippen molar-refractivity contribution in [1.82, 2.24) is 5.32 Å². The minimum atomic E-state index is -1.36. The number of carbonyl (C=O) groups is 3. The Bertz CT molecular complexity index is 1230. The molecule has 0 spiro atoms. The van der Waals surface area contributed by atoms with E-state index in [4.69, 9.17) is 11.1 Å². The topological polar surface area (TPSA) is 168 Å². The molecule has 3 aromatic carbocycles. The van der Waals surface area contributed by atoms with E-state index in [1.165, 1.54) is 12.1 Å². The van der Waals surface area contributed by atoms with Crippen LogP contribution in [0.2, 0.25) is 0 Å². The molecule has 34 heavy (non-hydrogen) atoms. The molecular formula is C25H23N4O5-. The average molecular weight is 459 g/mol. The Morgan fingerprint density at radius 3 is 2.18 bits per heavy atom. The number of hydrogen-bond acceptors (Lipinski definition) is 5. The highest BCUT2D eigenvalue weighted by Crippen LogP contribution is 2.24. The van der Waals surface area contributed by atoms with Gasteiger partial charge < -0.3 is 26.6 Å². The van der Waals surface area contributed by atoms with Gasteiger partial charge in [-0.2, -0.15) is 0 Å². The van der Waals surface area contributed by atoms with Crippen molar-refractivity contribution in [2.75, 3.05) is 5.32 Å². The van der Waals surface area contributed by atoms with Crippen molar-refractivity contribution in [3.05, 3.63) is 95.1 Å². The van der Waals surface area contributed by atoms with Gasteiger partial charge in [-0.05, 0) is 48.4 Å². The lowest BCUT2D eigenvalue weighted by atomic mass is 9.96. The summed E-state index contributed by atoms with van der Waals surface area (Å²) in [5.74, 6) is -4.47. The maximum Gasteiger partial charge on any atom is 0.335 e. The van der Waals surface area contributed by atoms with Crippen LogP contribution < -0.4 is 21.5 Å². The second-order valence-corrected chi connectivity index (χ2v) is 7.61. The SMILES string of the molecule is CC(NC(=O)C(C(=O)Nc1ccc(C(=N)N)cc1)c1ccccc1)c1ccc([O-])c(C(=O)O)c1. The molecule has 0 saturated heterocycles. The molecule has 2 atom stereocenters. The van der Waals surface area contributed by atoms with Crippen LogP contribution in [-0.2, 0) is 9.59 Å². The van der Waals surface area contributed by atoms with Crippen LogP contribution in [0.4, 0.5) is 5.69 Å². The quantitative estimate of drug-likeness (QED) is 0.197. The summed E-state index contributed by atoms with van der Waals surface area (Å²) in [7, 11) is 0. The Labute approximate surface area is 195 Å². The van der Waals surface area contributed by atoms with Crippen LogP contribution in [0.1, 0.15) is 45.9 Å². The van der Waals surface area contributed by atoms with Crippen LogP contribution >= 0.6 is 0 Å². The first-order chi connectivity index (χ1) is 16.2. The summed E-state index contributed by atoms with van der Waals surface area (Å²) in [6.45, 7) is 1.63. The molecule has 9 heteroatoms. The summed E-state index contributed by atoms with van der Waals surface area (Å²) < 4.78 is 0. The highest BCUT2D eigenvalue weighted by molar-refractivity contribution is 6.11. The molecule has 0 bridgehead atoms. The Morgan fingerprint density at radius 1 is 0.941 bits per heavy atom. The first-order valence-electron chi connectivity index (χ1n) is 10.3. The fourth-order valence-electron chi connectivity index (χ4n) is 3.38. The lowest BCUT2D eigenvalue weighted by Gasteiger charge is -2.22. The molecule has 3 rings (SSSR count). The van der Waals surface area contributed by atoms with E-state index < -0.39 is 41.1 Å². The number of nitrogens with one attached hydrogen (secondary N) is 3. The number of anilines is 1. The maximum absolute atomic E-state index is 13.2. The number of benzene rings is 3. The van der Waals surface area contributed by atoms with Gasteiger partial charge in [0.15, 0.2) is 0 Å². The number of amidine groups is 1. The average Bonchev–Trinajstić information content (AvgIpc) is 2.80. The van der Waals surface area contributed by atoms with Crippen molar-refractivity contribution < 1.29 is 24.6 Å². The molecule has 0 fully saturated rings. The summed E-state index contributed by atoms with van der Waals surface area (Å²) in [5, 5.41) is 33.8.